The number of rotatable bonds is 15. The molecule has 6 aromatic heterocycles. The minimum atomic E-state index is -0.0415. The molecular formula is C82H71ClN12O8. The second-order valence-electron chi connectivity index (χ2n) is 25.4. The van der Waals surface area contributed by atoms with Crippen LogP contribution < -0.4 is 23.7 Å². The van der Waals surface area contributed by atoms with Gasteiger partial charge in [-0.3, -0.25) is 43.4 Å². The summed E-state index contributed by atoms with van der Waals surface area (Å²) in [6, 6.07) is 55.4. The highest BCUT2D eigenvalue weighted by Gasteiger charge is 2.32. The Bertz CT molecular complexity index is 5360. The molecule has 3 atom stereocenters. The van der Waals surface area contributed by atoms with Crippen molar-refractivity contribution in [2.75, 3.05) is 46.1 Å². The summed E-state index contributed by atoms with van der Waals surface area (Å²) in [4.78, 5) is 54.8. The van der Waals surface area contributed by atoms with E-state index in [-0.39, 0.29) is 42.6 Å². The fraction of sp³-hybridized carbons (Fsp3) is 0.183. The number of pyridine rings is 3. The van der Waals surface area contributed by atoms with Crippen LogP contribution in [0.2, 0.25) is 5.02 Å². The molecule has 17 rings (SSSR count). The molecule has 0 bridgehead atoms. The van der Waals surface area contributed by atoms with Gasteiger partial charge in [0.15, 0.2) is 11.5 Å². The van der Waals surface area contributed by atoms with Crippen LogP contribution in [0.1, 0.15) is 49.4 Å². The molecule has 4 aliphatic rings. The van der Waals surface area contributed by atoms with Gasteiger partial charge in [-0.15, -0.1) is 0 Å². The number of aryl methyl sites for hydroxylation is 1. The van der Waals surface area contributed by atoms with Crippen molar-refractivity contribution in [3.63, 3.8) is 0 Å². The van der Waals surface area contributed by atoms with Crippen LogP contribution in [0.4, 0.5) is 0 Å². The molecule has 20 nitrogen and oxygen atoms in total. The average Bonchev–Trinajstić information content (AvgIpc) is 1.67. The molecule has 4 aliphatic heterocycles. The quantitative estimate of drug-likeness (QED) is 0.0878. The molecule has 0 N–H and O–H groups in total. The summed E-state index contributed by atoms with van der Waals surface area (Å²) < 4.78 is 35.3. The fourth-order valence-electron chi connectivity index (χ4n) is 13.8. The largest absolute Gasteiger partial charge is 0.457 e. The average molecular weight is 1390 g/mol. The van der Waals surface area contributed by atoms with Gasteiger partial charge in [0.2, 0.25) is 30.3 Å². The van der Waals surface area contributed by atoms with E-state index >= 15 is 0 Å². The van der Waals surface area contributed by atoms with Crippen molar-refractivity contribution in [1.29, 1.82) is 0 Å². The Morgan fingerprint density at radius 3 is 1.38 bits per heavy atom. The van der Waals surface area contributed by atoms with E-state index in [1.165, 1.54) is 18.2 Å². The molecule has 514 valence electrons. The van der Waals surface area contributed by atoms with Gasteiger partial charge in [0.1, 0.15) is 45.8 Å². The number of hydrogen-bond donors (Lipinski definition) is 0. The monoisotopic (exact) mass is 1390 g/mol. The van der Waals surface area contributed by atoms with Crippen LogP contribution in [-0.4, -0.2) is 123 Å². The van der Waals surface area contributed by atoms with Gasteiger partial charge in [-0.25, -0.2) is 0 Å². The molecule has 0 spiro atoms. The fourth-order valence-corrected chi connectivity index (χ4v) is 14.0. The third-order valence-corrected chi connectivity index (χ3v) is 19.6. The lowest BCUT2D eigenvalue weighted by Crippen LogP contribution is -2.40. The standard InChI is InChI=1S/C29H24N4O2.C27H24N4O4.C26H23ClN4O2/c1-2-28(34)32-17-15-22(19-32)33-26-14-16-30-18-25(26)29(31-33)21-10-12-23(13-11-21)35-27-9-5-7-20-6-3-4-8-24(20)27;1-2-25(32)30-14-4-5-19(16-30)31-22-12-13-28-15-21(22)26(29-31)18-8-10-20(11-9-18)35-24-7-3-6-23-27(24)34-17-33-23;1-3-24(32)30-14-12-19(16-30)31-22-11-13-28-15-21(22)26(29-31)18-7-9-20(10-8-18)33-23-6-4-5-17(2)25(23)27/h2-14,16,18,22H,1,15,17,19H2;2-3,6-13,15,19H,1,4-5,14,16-17H2;3-11,13,15,19H,1,12,14,16H2,2H3/t22-;2*19-/m111/s1. The van der Waals surface area contributed by atoms with E-state index in [2.05, 4.69) is 52.9 Å². The van der Waals surface area contributed by atoms with Crippen molar-refractivity contribution >= 4 is 72.8 Å². The first-order chi connectivity index (χ1) is 50.5. The van der Waals surface area contributed by atoms with Crippen molar-refractivity contribution < 1.29 is 38.1 Å². The molecule has 13 aromatic rings. The van der Waals surface area contributed by atoms with Crippen LogP contribution in [0.3, 0.4) is 0 Å². The van der Waals surface area contributed by atoms with E-state index < -0.39 is 0 Å². The topological polar surface area (TPSA) is 199 Å². The summed E-state index contributed by atoms with van der Waals surface area (Å²) in [5.41, 5.74) is 9.49. The van der Waals surface area contributed by atoms with Crippen molar-refractivity contribution in [1.82, 2.24) is 59.0 Å². The van der Waals surface area contributed by atoms with E-state index in [0.29, 0.717) is 72.2 Å². The van der Waals surface area contributed by atoms with Crippen LogP contribution >= 0.6 is 11.6 Å². The Balaban J connectivity index is 0.000000125. The summed E-state index contributed by atoms with van der Waals surface area (Å²) in [6.07, 6.45) is 18.6. The second kappa shape index (κ2) is 29.4. The highest BCUT2D eigenvalue weighted by atomic mass is 35.5. The van der Waals surface area contributed by atoms with E-state index in [1.54, 1.807) is 18.6 Å². The van der Waals surface area contributed by atoms with E-state index in [9.17, 15) is 14.4 Å². The maximum absolute atomic E-state index is 12.2. The minimum Gasteiger partial charge on any atom is -0.457 e. The Kier molecular flexibility index (Phi) is 19.0. The molecule has 21 heteroatoms. The number of para-hydroxylation sites is 1. The lowest BCUT2D eigenvalue weighted by atomic mass is 10.1. The van der Waals surface area contributed by atoms with Crippen LogP contribution in [0, 0.1) is 6.92 Å². The Labute approximate surface area is 598 Å². The zero-order chi connectivity index (χ0) is 70.5. The van der Waals surface area contributed by atoms with E-state index in [0.717, 1.165) is 127 Å². The molecule has 0 aliphatic carbocycles. The Morgan fingerprint density at radius 1 is 0.456 bits per heavy atom. The van der Waals surface area contributed by atoms with Crippen LogP contribution in [-0.2, 0) is 14.4 Å². The van der Waals surface area contributed by atoms with E-state index in [4.69, 9.17) is 50.6 Å². The van der Waals surface area contributed by atoms with Gasteiger partial charge in [0.25, 0.3) is 0 Å². The third kappa shape index (κ3) is 13.7. The number of ether oxygens (including phenoxy) is 5. The highest BCUT2D eigenvalue weighted by Crippen LogP contribution is 2.44. The smallest absolute Gasteiger partial charge is 0.246 e. The zero-order valence-electron chi connectivity index (χ0n) is 56.5. The Hall–Kier alpha value is -12.4. The number of piperidine rings is 1. The van der Waals surface area contributed by atoms with Gasteiger partial charge >= 0.3 is 0 Å². The molecule has 7 aromatic carbocycles. The maximum Gasteiger partial charge on any atom is 0.246 e. The number of benzene rings is 7. The number of halogens is 1. The number of aromatic nitrogens is 9. The summed E-state index contributed by atoms with van der Waals surface area (Å²) in [5.74, 6) is 5.40. The van der Waals surface area contributed by atoms with Crippen molar-refractivity contribution in [3.8, 4) is 79.8 Å². The molecule has 0 unspecified atom stereocenters. The summed E-state index contributed by atoms with van der Waals surface area (Å²) in [6.45, 7) is 17.0. The van der Waals surface area contributed by atoms with Crippen LogP contribution in [0.5, 0.6) is 46.0 Å². The maximum atomic E-state index is 12.2. The third-order valence-electron chi connectivity index (χ3n) is 19.1. The molecule has 10 heterocycles. The van der Waals surface area contributed by atoms with Gasteiger partial charge < -0.3 is 38.4 Å². The van der Waals surface area contributed by atoms with Crippen molar-refractivity contribution in [2.45, 2.75) is 50.7 Å². The summed E-state index contributed by atoms with van der Waals surface area (Å²) in [7, 11) is 0. The first-order valence-corrected chi connectivity index (χ1v) is 34.5. The number of hydrogen-bond acceptors (Lipinski definition) is 14. The minimum absolute atomic E-state index is 0.0346. The summed E-state index contributed by atoms with van der Waals surface area (Å²) in [5, 5.41) is 20.7. The number of amides is 3. The second-order valence-corrected chi connectivity index (χ2v) is 25.8. The summed E-state index contributed by atoms with van der Waals surface area (Å²) >= 11 is 6.36. The lowest BCUT2D eigenvalue weighted by molar-refractivity contribution is -0.127. The predicted octanol–water partition coefficient (Wildman–Crippen LogP) is 16.8. The molecule has 103 heavy (non-hydrogen) atoms. The first-order valence-electron chi connectivity index (χ1n) is 34.1. The molecule has 0 saturated carbocycles. The molecule has 0 radical (unpaired) electrons. The molecule has 3 amide bonds. The molecule has 3 fully saturated rings. The molecular weight excluding hydrogens is 1320 g/mol. The molecule has 3 saturated heterocycles. The van der Waals surface area contributed by atoms with Crippen molar-refractivity contribution in [3.05, 3.63) is 256 Å². The number of carbonyl (C=O) groups excluding carboxylic acids is 3. The number of carbonyl (C=O) groups is 3. The highest BCUT2D eigenvalue weighted by molar-refractivity contribution is 6.32. The van der Waals surface area contributed by atoms with Crippen molar-refractivity contribution in [2.24, 2.45) is 0 Å². The van der Waals surface area contributed by atoms with Crippen LogP contribution in [0.15, 0.2) is 245 Å². The van der Waals surface area contributed by atoms with Gasteiger partial charge in [0, 0.05) is 115 Å². The first kappa shape index (κ1) is 66.5. The SMILES string of the molecule is C=CC(=O)N1CCC[C@@H](n2nc(-c3ccc(Oc4cccc5c4OCO5)cc3)c3cnccc32)C1.C=CC(=O)N1CC[C@@H](n2nc(-c3ccc(Oc4cccc(C)c4Cl)cc3)c3cnccc32)C1.C=CC(=O)N1CC[C@@H](n2nc(-c3ccc(Oc4cccc5ccccc45)cc3)c3cnccc32)C1. The number of fused-ring (bicyclic) bond motifs is 5. The normalized spacial score (nSPS) is 16.1. The zero-order valence-corrected chi connectivity index (χ0v) is 57.3. The number of nitrogens with zero attached hydrogens (tertiary/aromatic N) is 12. The van der Waals surface area contributed by atoms with Gasteiger partial charge in [-0.2, -0.15) is 15.3 Å². The lowest BCUT2D eigenvalue weighted by Gasteiger charge is -2.32. The van der Waals surface area contributed by atoms with Gasteiger partial charge in [-0.05, 0) is 177 Å². The van der Waals surface area contributed by atoms with Gasteiger partial charge in [-0.1, -0.05) is 85.9 Å². The van der Waals surface area contributed by atoms with E-state index in [1.807, 2.05) is 206 Å². The number of likely N-dealkylation sites (tertiary alicyclic amines) is 3. The predicted molar refractivity (Wildman–Crippen MR) is 398 cm³/mol. The van der Waals surface area contributed by atoms with Crippen LogP contribution in [0.25, 0.3) is 77.3 Å². The Morgan fingerprint density at radius 2 is 0.874 bits per heavy atom. The van der Waals surface area contributed by atoms with Gasteiger partial charge in [0.05, 0.1) is 39.7 Å².